The molecule has 1 aliphatic carbocycles. The first-order valence-electron chi connectivity index (χ1n) is 10.7. The lowest BCUT2D eigenvalue weighted by Crippen LogP contribution is -2.53. The van der Waals surface area contributed by atoms with Gasteiger partial charge in [-0.2, -0.15) is 0 Å². The maximum atomic E-state index is 13.0. The van der Waals surface area contributed by atoms with Crippen LogP contribution < -0.4 is 16.8 Å². The Morgan fingerprint density at radius 2 is 1.83 bits per heavy atom. The molecule has 1 aliphatic heterocycles. The molecule has 7 nitrogen and oxygen atoms in total. The maximum absolute atomic E-state index is 13.0. The number of nitrogens with one attached hydrogen (secondary N) is 1. The van der Waals surface area contributed by atoms with Crippen LogP contribution in [-0.2, 0) is 20.9 Å². The summed E-state index contributed by atoms with van der Waals surface area (Å²) in [5.74, 6) is -0.884. The van der Waals surface area contributed by atoms with Crippen LogP contribution in [-0.4, -0.2) is 42.3 Å². The van der Waals surface area contributed by atoms with Crippen LogP contribution in [0.4, 0.5) is 0 Å². The number of carbonyl (C=O) groups is 3. The average Bonchev–Trinajstić information content (AvgIpc) is 2.75. The molecular weight excluding hydrogens is 380 g/mol. The van der Waals surface area contributed by atoms with Gasteiger partial charge in [-0.3, -0.25) is 14.4 Å². The lowest BCUT2D eigenvalue weighted by Gasteiger charge is -2.39. The van der Waals surface area contributed by atoms with Crippen LogP contribution in [0.2, 0.25) is 0 Å². The number of nitrogens with two attached hydrogens (primary N) is 2. The Morgan fingerprint density at radius 1 is 1.17 bits per heavy atom. The SMILES string of the molecule is CNC(=O)C1=CC(CCC2CCC(N)CC2)(C(N)=O)CN(Cc2ccccc2)C1=O. The molecule has 30 heavy (non-hydrogen) atoms. The number of rotatable bonds is 7. The fourth-order valence-corrected chi connectivity index (χ4v) is 4.56. The smallest absolute Gasteiger partial charge is 0.259 e. The van der Waals surface area contributed by atoms with Crippen molar-refractivity contribution in [3.05, 3.63) is 47.5 Å². The molecular formula is C23H32N4O3. The van der Waals surface area contributed by atoms with Crippen molar-refractivity contribution in [3.8, 4) is 0 Å². The van der Waals surface area contributed by atoms with Crippen LogP contribution in [0.25, 0.3) is 0 Å². The predicted octanol–water partition coefficient (Wildman–Crippen LogP) is 1.47. The number of nitrogens with zero attached hydrogens (tertiary/aromatic N) is 1. The van der Waals surface area contributed by atoms with E-state index in [2.05, 4.69) is 5.32 Å². The topological polar surface area (TPSA) is 119 Å². The first kappa shape index (κ1) is 22.0. The molecule has 7 heteroatoms. The van der Waals surface area contributed by atoms with E-state index in [9.17, 15) is 14.4 Å². The van der Waals surface area contributed by atoms with Crippen LogP contribution >= 0.6 is 0 Å². The van der Waals surface area contributed by atoms with Crippen molar-refractivity contribution in [2.75, 3.05) is 13.6 Å². The van der Waals surface area contributed by atoms with Crippen molar-refractivity contribution in [2.45, 2.75) is 51.1 Å². The predicted molar refractivity (Wildman–Crippen MR) is 115 cm³/mol. The minimum absolute atomic E-state index is 0.0100. The summed E-state index contributed by atoms with van der Waals surface area (Å²) in [5, 5.41) is 2.52. The first-order valence-corrected chi connectivity index (χ1v) is 10.7. The van der Waals surface area contributed by atoms with Crippen molar-refractivity contribution in [1.82, 2.24) is 10.2 Å². The lowest BCUT2D eigenvalue weighted by molar-refractivity contribution is -0.136. The Morgan fingerprint density at radius 3 is 2.43 bits per heavy atom. The third-order valence-electron chi connectivity index (χ3n) is 6.48. The molecule has 0 spiro atoms. The average molecular weight is 413 g/mol. The summed E-state index contributed by atoms with van der Waals surface area (Å²) < 4.78 is 0. The summed E-state index contributed by atoms with van der Waals surface area (Å²) in [6, 6.07) is 9.80. The van der Waals surface area contributed by atoms with Gasteiger partial charge in [0.1, 0.15) is 5.57 Å². The van der Waals surface area contributed by atoms with Gasteiger partial charge in [0, 0.05) is 26.2 Å². The van der Waals surface area contributed by atoms with E-state index < -0.39 is 17.2 Å². The van der Waals surface area contributed by atoms with Crippen molar-refractivity contribution in [2.24, 2.45) is 22.8 Å². The van der Waals surface area contributed by atoms with Gasteiger partial charge in [0.2, 0.25) is 5.91 Å². The highest BCUT2D eigenvalue weighted by Gasteiger charge is 2.44. The summed E-state index contributed by atoms with van der Waals surface area (Å²) in [7, 11) is 1.48. The van der Waals surface area contributed by atoms with Gasteiger partial charge in [0.05, 0.1) is 5.41 Å². The van der Waals surface area contributed by atoms with Crippen molar-refractivity contribution >= 4 is 17.7 Å². The van der Waals surface area contributed by atoms with Crippen LogP contribution in [0, 0.1) is 11.3 Å². The third-order valence-corrected chi connectivity index (χ3v) is 6.48. The Kier molecular flexibility index (Phi) is 6.92. The van der Waals surface area contributed by atoms with Gasteiger partial charge in [-0.25, -0.2) is 0 Å². The number of hydrogen-bond acceptors (Lipinski definition) is 4. The van der Waals surface area contributed by atoms with Gasteiger partial charge in [-0.05, 0) is 56.1 Å². The quantitative estimate of drug-likeness (QED) is 0.588. The molecule has 3 rings (SSSR count). The van der Waals surface area contributed by atoms with Crippen LogP contribution in [0.5, 0.6) is 0 Å². The zero-order valence-corrected chi connectivity index (χ0v) is 17.6. The Hall–Kier alpha value is -2.67. The van der Waals surface area contributed by atoms with Gasteiger partial charge in [-0.15, -0.1) is 0 Å². The van der Waals surface area contributed by atoms with Crippen molar-refractivity contribution in [3.63, 3.8) is 0 Å². The Bertz CT molecular complexity index is 815. The minimum Gasteiger partial charge on any atom is -0.369 e. The van der Waals surface area contributed by atoms with Gasteiger partial charge in [-0.1, -0.05) is 30.3 Å². The van der Waals surface area contributed by atoms with E-state index in [1.54, 1.807) is 4.90 Å². The minimum atomic E-state index is -1.05. The van der Waals surface area contributed by atoms with Gasteiger partial charge in [0.25, 0.3) is 11.8 Å². The molecule has 1 heterocycles. The van der Waals surface area contributed by atoms with E-state index in [0.29, 0.717) is 18.9 Å². The largest absolute Gasteiger partial charge is 0.369 e. The molecule has 162 valence electrons. The Labute approximate surface area is 177 Å². The fraction of sp³-hybridized carbons (Fsp3) is 0.522. The second-order valence-electron chi connectivity index (χ2n) is 8.62. The monoisotopic (exact) mass is 412 g/mol. The lowest BCUT2D eigenvalue weighted by atomic mass is 9.73. The van der Waals surface area contributed by atoms with Crippen molar-refractivity contribution in [1.29, 1.82) is 0 Å². The number of carbonyl (C=O) groups excluding carboxylic acids is 3. The van der Waals surface area contributed by atoms with Gasteiger partial charge in [0.15, 0.2) is 0 Å². The van der Waals surface area contributed by atoms with E-state index >= 15 is 0 Å². The molecule has 3 amide bonds. The second kappa shape index (κ2) is 9.43. The molecule has 2 aliphatic rings. The van der Waals surface area contributed by atoms with E-state index in [4.69, 9.17) is 11.5 Å². The van der Waals surface area contributed by atoms with Gasteiger partial charge >= 0.3 is 0 Å². The molecule has 1 unspecified atom stereocenters. The highest BCUT2D eigenvalue weighted by atomic mass is 16.2. The van der Waals surface area contributed by atoms with Crippen LogP contribution in [0.15, 0.2) is 42.0 Å². The molecule has 1 atom stereocenters. The molecule has 1 saturated carbocycles. The van der Waals surface area contributed by atoms with E-state index in [-0.39, 0.29) is 24.1 Å². The number of primary amides is 1. The number of amides is 3. The molecule has 1 fully saturated rings. The number of likely N-dealkylation sites (N-methyl/N-ethyl adjacent to an activating group) is 1. The van der Waals surface area contributed by atoms with E-state index in [0.717, 1.165) is 37.7 Å². The van der Waals surface area contributed by atoms with Crippen LogP contribution in [0.1, 0.15) is 44.1 Å². The zero-order valence-electron chi connectivity index (χ0n) is 17.6. The fourth-order valence-electron chi connectivity index (χ4n) is 4.56. The molecule has 0 aromatic heterocycles. The summed E-state index contributed by atoms with van der Waals surface area (Å²) >= 11 is 0. The standard InChI is InChI=1S/C23H32N4O3/c1-26-20(28)19-13-23(22(25)30,12-11-16-7-9-18(24)10-8-16)15-27(21(19)29)14-17-5-3-2-4-6-17/h2-6,13,16,18H,7-12,14-15,24H2,1H3,(H2,25,30)(H,26,28). The van der Waals surface area contributed by atoms with Gasteiger partial charge < -0.3 is 21.7 Å². The summed E-state index contributed by atoms with van der Waals surface area (Å²) in [6.45, 7) is 0.504. The second-order valence-corrected chi connectivity index (χ2v) is 8.62. The normalized spacial score (nSPS) is 26.8. The summed E-state index contributed by atoms with van der Waals surface area (Å²) in [4.78, 5) is 39.7. The highest BCUT2D eigenvalue weighted by molar-refractivity contribution is 6.19. The number of benzene rings is 1. The molecule has 1 aromatic rings. The van der Waals surface area contributed by atoms with Crippen molar-refractivity contribution < 1.29 is 14.4 Å². The third kappa shape index (κ3) is 4.90. The molecule has 0 saturated heterocycles. The van der Waals surface area contributed by atoms with E-state index in [1.165, 1.54) is 13.1 Å². The summed E-state index contributed by atoms with van der Waals surface area (Å²) in [5.41, 5.74) is 11.8. The summed E-state index contributed by atoms with van der Waals surface area (Å²) in [6.07, 6.45) is 6.91. The zero-order chi connectivity index (χ0) is 21.7. The van der Waals surface area contributed by atoms with Crippen LogP contribution in [0.3, 0.4) is 0 Å². The number of hydrogen-bond donors (Lipinski definition) is 3. The van der Waals surface area contributed by atoms with E-state index in [1.807, 2.05) is 30.3 Å². The molecule has 0 radical (unpaired) electrons. The molecule has 0 bridgehead atoms. The maximum Gasteiger partial charge on any atom is 0.259 e. The molecule has 1 aromatic carbocycles. The first-order chi connectivity index (χ1) is 14.3. The molecule has 5 N–H and O–H groups in total. The Balaban J connectivity index is 1.86. The highest BCUT2D eigenvalue weighted by Crippen LogP contribution is 2.37.